The average molecular weight is 410 g/mol. The standard InChI is InChI=1S/C13H27NO.C8H8O2.2C2H6/c1-2-3-4-5-6-7-8-9-10-11-12-13(14)15;1-6-4-2-3-5-7(6)8(9)10;2*1-2/h2-12H2,1H3,(H2,14,15);2-5H,1H3,(H,9,10);2*1-2H3. The van der Waals surface area contributed by atoms with Crippen molar-refractivity contribution in [3.63, 3.8) is 0 Å². The molecule has 0 fully saturated rings. The molecule has 0 aromatic heterocycles. The highest BCUT2D eigenvalue weighted by molar-refractivity contribution is 5.89. The van der Waals surface area contributed by atoms with Crippen molar-refractivity contribution in [1.29, 1.82) is 0 Å². The van der Waals surface area contributed by atoms with E-state index in [0.29, 0.717) is 12.0 Å². The van der Waals surface area contributed by atoms with Crippen molar-refractivity contribution < 1.29 is 14.7 Å². The number of carboxylic acid groups (broad SMARTS) is 1. The lowest BCUT2D eigenvalue weighted by atomic mass is 10.1. The van der Waals surface area contributed by atoms with E-state index in [2.05, 4.69) is 6.92 Å². The SMILES string of the molecule is CC.CC.CCCCCCCCCCCCC(N)=O.Cc1ccccc1C(=O)O. The third-order valence-corrected chi connectivity index (χ3v) is 4.15. The maximum absolute atomic E-state index is 10.5. The molecule has 0 aliphatic heterocycles. The first kappa shape index (κ1) is 31.8. The molecule has 0 aliphatic rings. The fourth-order valence-corrected chi connectivity index (χ4v) is 2.60. The van der Waals surface area contributed by atoms with Gasteiger partial charge in [-0.1, -0.05) is 111 Å². The topological polar surface area (TPSA) is 80.4 Å². The molecule has 1 aromatic carbocycles. The Kier molecular flexibility index (Phi) is 28.7. The summed E-state index contributed by atoms with van der Waals surface area (Å²) in [7, 11) is 0. The first-order chi connectivity index (χ1) is 14.0. The Hall–Kier alpha value is -1.84. The van der Waals surface area contributed by atoms with Crippen LogP contribution in [0.3, 0.4) is 0 Å². The largest absolute Gasteiger partial charge is 0.478 e. The predicted octanol–water partition coefficient (Wildman–Crippen LogP) is 7.53. The van der Waals surface area contributed by atoms with Gasteiger partial charge in [0.25, 0.3) is 0 Å². The lowest BCUT2D eigenvalue weighted by molar-refractivity contribution is -0.118. The van der Waals surface area contributed by atoms with E-state index >= 15 is 0 Å². The maximum Gasteiger partial charge on any atom is 0.335 e. The number of hydrogen-bond donors (Lipinski definition) is 2. The maximum atomic E-state index is 10.5. The lowest BCUT2D eigenvalue weighted by Gasteiger charge is -2.01. The number of carboxylic acids is 1. The van der Waals surface area contributed by atoms with Gasteiger partial charge in [0.05, 0.1) is 5.56 Å². The van der Waals surface area contributed by atoms with Crippen LogP contribution in [0.4, 0.5) is 0 Å². The number of hydrogen-bond acceptors (Lipinski definition) is 2. The smallest absolute Gasteiger partial charge is 0.335 e. The Labute approximate surface area is 180 Å². The summed E-state index contributed by atoms with van der Waals surface area (Å²) in [4.78, 5) is 20.9. The summed E-state index contributed by atoms with van der Waals surface area (Å²) in [6, 6.07) is 6.92. The molecule has 0 saturated carbocycles. The number of carbonyl (C=O) groups is 2. The highest BCUT2D eigenvalue weighted by Gasteiger charge is 2.03. The molecule has 0 spiro atoms. The second-order valence-electron chi connectivity index (χ2n) is 6.52. The van der Waals surface area contributed by atoms with Crippen LogP contribution in [0.2, 0.25) is 0 Å². The second kappa shape index (κ2) is 26.2. The number of primary amides is 1. The van der Waals surface area contributed by atoms with Crippen molar-refractivity contribution in [1.82, 2.24) is 0 Å². The van der Waals surface area contributed by atoms with E-state index in [4.69, 9.17) is 10.8 Å². The molecule has 4 nitrogen and oxygen atoms in total. The molecular weight excluding hydrogens is 362 g/mol. The van der Waals surface area contributed by atoms with Gasteiger partial charge < -0.3 is 10.8 Å². The fraction of sp³-hybridized carbons (Fsp3) is 0.680. The quantitative estimate of drug-likeness (QED) is 0.350. The molecular formula is C25H47NO3. The van der Waals surface area contributed by atoms with Crippen LogP contribution >= 0.6 is 0 Å². The second-order valence-corrected chi connectivity index (χ2v) is 6.52. The molecule has 0 aliphatic carbocycles. The van der Waals surface area contributed by atoms with Gasteiger partial charge in [0, 0.05) is 6.42 Å². The van der Waals surface area contributed by atoms with Crippen LogP contribution in [0.5, 0.6) is 0 Å². The molecule has 4 heteroatoms. The molecule has 1 rings (SSSR count). The van der Waals surface area contributed by atoms with E-state index in [0.717, 1.165) is 18.4 Å². The minimum Gasteiger partial charge on any atom is -0.478 e. The summed E-state index contributed by atoms with van der Waals surface area (Å²) in [5, 5.41) is 8.57. The van der Waals surface area contributed by atoms with Crippen molar-refractivity contribution in [3.05, 3.63) is 35.4 Å². The molecule has 29 heavy (non-hydrogen) atoms. The highest BCUT2D eigenvalue weighted by Crippen LogP contribution is 2.11. The number of benzene rings is 1. The van der Waals surface area contributed by atoms with Crippen LogP contribution in [-0.2, 0) is 4.79 Å². The third-order valence-electron chi connectivity index (χ3n) is 4.15. The van der Waals surface area contributed by atoms with E-state index in [1.165, 1.54) is 51.4 Å². The first-order valence-electron chi connectivity index (χ1n) is 11.6. The van der Waals surface area contributed by atoms with Crippen LogP contribution in [0.15, 0.2) is 24.3 Å². The number of unbranched alkanes of at least 4 members (excludes halogenated alkanes) is 9. The van der Waals surface area contributed by atoms with E-state index < -0.39 is 5.97 Å². The van der Waals surface area contributed by atoms with Gasteiger partial charge in [-0.05, 0) is 25.0 Å². The summed E-state index contributed by atoms with van der Waals surface area (Å²) in [5.74, 6) is -1.02. The molecule has 1 amide bonds. The number of carbonyl (C=O) groups excluding carboxylic acids is 1. The monoisotopic (exact) mass is 409 g/mol. The third kappa shape index (κ3) is 24.1. The van der Waals surface area contributed by atoms with Gasteiger partial charge in [-0.25, -0.2) is 4.79 Å². The summed E-state index contributed by atoms with van der Waals surface area (Å²) in [6.45, 7) is 12.0. The number of aryl methyl sites for hydroxylation is 1. The lowest BCUT2D eigenvalue weighted by Crippen LogP contribution is -2.09. The molecule has 0 heterocycles. The van der Waals surface area contributed by atoms with Crippen LogP contribution in [0, 0.1) is 6.92 Å². The van der Waals surface area contributed by atoms with Crippen LogP contribution in [-0.4, -0.2) is 17.0 Å². The molecule has 0 atom stereocenters. The molecule has 0 bridgehead atoms. The summed E-state index contributed by atoms with van der Waals surface area (Å²) >= 11 is 0. The number of aromatic carboxylic acids is 1. The molecule has 1 aromatic rings. The zero-order valence-corrected chi connectivity index (χ0v) is 19.9. The van der Waals surface area contributed by atoms with Gasteiger partial charge in [0.15, 0.2) is 0 Å². The minimum absolute atomic E-state index is 0.158. The minimum atomic E-state index is -0.863. The molecule has 170 valence electrons. The van der Waals surface area contributed by atoms with Crippen molar-refractivity contribution >= 4 is 11.9 Å². The van der Waals surface area contributed by atoms with E-state index in [9.17, 15) is 9.59 Å². The van der Waals surface area contributed by atoms with Crippen molar-refractivity contribution in [2.75, 3.05) is 0 Å². The Morgan fingerprint density at radius 2 is 1.21 bits per heavy atom. The van der Waals surface area contributed by atoms with Crippen LogP contribution in [0.1, 0.15) is 121 Å². The van der Waals surface area contributed by atoms with Gasteiger partial charge in [-0.15, -0.1) is 0 Å². The van der Waals surface area contributed by atoms with Crippen molar-refractivity contribution in [2.24, 2.45) is 5.73 Å². The Balaban J connectivity index is -0.000000416. The van der Waals surface area contributed by atoms with Crippen LogP contribution in [0.25, 0.3) is 0 Å². The zero-order valence-electron chi connectivity index (χ0n) is 19.9. The van der Waals surface area contributed by atoms with E-state index in [-0.39, 0.29) is 5.91 Å². The van der Waals surface area contributed by atoms with Gasteiger partial charge >= 0.3 is 5.97 Å². The van der Waals surface area contributed by atoms with Crippen molar-refractivity contribution in [2.45, 2.75) is 112 Å². The molecule has 0 unspecified atom stereocenters. The molecule has 0 radical (unpaired) electrons. The summed E-state index contributed by atoms with van der Waals surface area (Å²) in [5.41, 5.74) is 6.24. The van der Waals surface area contributed by atoms with Gasteiger partial charge in [-0.2, -0.15) is 0 Å². The number of amides is 1. The average Bonchev–Trinajstić information content (AvgIpc) is 2.73. The fourth-order valence-electron chi connectivity index (χ4n) is 2.60. The van der Waals surface area contributed by atoms with Crippen molar-refractivity contribution in [3.8, 4) is 0 Å². The summed E-state index contributed by atoms with van der Waals surface area (Å²) < 4.78 is 0. The van der Waals surface area contributed by atoms with Crippen LogP contribution < -0.4 is 5.73 Å². The van der Waals surface area contributed by atoms with Gasteiger partial charge in [0.1, 0.15) is 0 Å². The predicted molar refractivity (Wildman–Crippen MR) is 126 cm³/mol. The Morgan fingerprint density at radius 3 is 1.55 bits per heavy atom. The number of nitrogens with two attached hydrogens (primary N) is 1. The van der Waals surface area contributed by atoms with Gasteiger partial charge in [-0.3, -0.25) is 4.79 Å². The van der Waals surface area contributed by atoms with E-state index in [1.54, 1.807) is 25.1 Å². The molecule has 0 saturated heterocycles. The highest BCUT2D eigenvalue weighted by atomic mass is 16.4. The molecule has 3 N–H and O–H groups in total. The number of rotatable bonds is 12. The normalized spacial score (nSPS) is 9.03. The zero-order chi connectivity index (χ0) is 22.9. The Bertz CT molecular complexity index is 487. The van der Waals surface area contributed by atoms with Gasteiger partial charge in [0.2, 0.25) is 5.91 Å². The Morgan fingerprint density at radius 1 is 0.793 bits per heavy atom. The first-order valence-corrected chi connectivity index (χ1v) is 11.6. The van der Waals surface area contributed by atoms with E-state index in [1.807, 2.05) is 33.8 Å². The summed E-state index contributed by atoms with van der Waals surface area (Å²) in [6.07, 6.45) is 13.6.